The molecule has 1 heterocycles. The Morgan fingerprint density at radius 2 is 1.85 bits per heavy atom. The van der Waals surface area contributed by atoms with Gasteiger partial charge in [-0.25, -0.2) is 0 Å². The molecule has 3 aromatic rings. The third-order valence-corrected chi connectivity index (χ3v) is 4.65. The van der Waals surface area contributed by atoms with Crippen molar-refractivity contribution >= 4 is 29.2 Å². The van der Waals surface area contributed by atoms with E-state index < -0.39 is 0 Å². The Morgan fingerprint density at radius 1 is 1.04 bits per heavy atom. The summed E-state index contributed by atoms with van der Waals surface area (Å²) in [5, 5.41) is 7.93. The monoisotopic (exact) mass is 376 g/mol. The van der Waals surface area contributed by atoms with Gasteiger partial charge in [0.1, 0.15) is 0 Å². The molecule has 0 saturated heterocycles. The SMILES string of the molecule is Cc1ccc(NC(=S)N/N=C/c2cccn2Cc2ccccc2C)c(C)c1. The number of aryl methyl sites for hydroxylation is 3. The second kappa shape index (κ2) is 8.64. The molecule has 2 aromatic carbocycles. The van der Waals surface area contributed by atoms with E-state index in [0.29, 0.717) is 5.11 Å². The summed E-state index contributed by atoms with van der Waals surface area (Å²) in [6, 6.07) is 18.7. The Morgan fingerprint density at radius 3 is 2.63 bits per heavy atom. The van der Waals surface area contributed by atoms with Crippen LogP contribution < -0.4 is 10.7 Å². The van der Waals surface area contributed by atoms with Crippen LogP contribution in [0.4, 0.5) is 5.69 Å². The van der Waals surface area contributed by atoms with Gasteiger partial charge in [0.15, 0.2) is 5.11 Å². The minimum absolute atomic E-state index is 0.468. The number of nitrogens with one attached hydrogen (secondary N) is 2. The zero-order valence-corrected chi connectivity index (χ0v) is 16.7. The van der Waals surface area contributed by atoms with Gasteiger partial charge in [-0.15, -0.1) is 0 Å². The molecule has 0 fully saturated rings. The van der Waals surface area contributed by atoms with Crippen LogP contribution in [0.5, 0.6) is 0 Å². The third kappa shape index (κ3) is 5.05. The van der Waals surface area contributed by atoms with Crippen LogP contribution >= 0.6 is 12.2 Å². The van der Waals surface area contributed by atoms with Crippen molar-refractivity contribution < 1.29 is 0 Å². The molecular formula is C22H24N4S. The first-order valence-corrected chi connectivity index (χ1v) is 9.31. The van der Waals surface area contributed by atoms with Crippen molar-refractivity contribution in [1.82, 2.24) is 9.99 Å². The first kappa shape index (κ1) is 18.9. The average Bonchev–Trinajstić information content (AvgIpc) is 3.06. The fourth-order valence-corrected chi connectivity index (χ4v) is 3.08. The van der Waals surface area contributed by atoms with E-state index >= 15 is 0 Å². The number of aromatic nitrogens is 1. The van der Waals surface area contributed by atoms with Crippen LogP contribution in [0, 0.1) is 20.8 Å². The van der Waals surface area contributed by atoms with Crippen molar-refractivity contribution in [1.29, 1.82) is 0 Å². The van der Waals surface area contributed by atoms with Gasteiger partial charge in [-0.3, -0.25) is 5.43 Å². The lowest BCUT2D eigenvalue weighted by Gasteiger charge is -2.11. The normalized spacial score (nSPS) is 10.9. The van der Waals surface area contributed by atoms with E-state index in [9.17, 15) is 0 Å². The molecular weight excluding hydrogens is 352 g/mol. The molecule has 3 rings (SSSR count). The quantitative estimate of drug-likeness (QED) is 0.382. The molecule has 138 valence electrons. The van der Waals surface area contributed by atoms with Crippen LogP contribution in [0.15, 0.2) is 65.9 Å². The maximum Gasteiger partial charge on any atom is 0.191 e. The van der Waals surface area contributed by atoms with E-state index in [1.54, 1.807) is 6.21 Å². The van der Waals surface area contributed by atoms with Crippen molar-refractivity contribution in [3.63, 3.8) is 0 Å². The Kier molecular flexibility index (Phi) is 6.04. The highest BCUT2D eigenvalue weighted by molar-refractivity contribution is 7.80. The number of hydrazone groups is 1. The van der Waals surface area contributed by atoms with Gasteiger partial charge in [0.25, 0.3) is 0 Å². The van der Waals surface area contributed by atoms with Gasteiger partial charge in [0.05, 0.1) is 11.9 Å². The van der Waals surface area contributed by atoms with Gasteiger partial charge >= 0.3 is 0 Å². The van der Waals surface area contributed by atoms with Gasteiger partial charge in [0, 0.05) is 18.4 Å². The molecule has 1 aromatic heterocycles. The number of benzene rings is 2. The smallest absolute Gasteiger partial charge is 0.191 e. The summed E-state index contributed by atoms with van der Waals surface area (Å²) in [6.45, 7) is 7.07. The molecule has 0 unspecified atom stereocenters. The molecule has 0 saturated carbocycles. The van der Waals surface area contributed by atoms with Gasteiger partial charge in [0.2, 0.25) is 0 Å². The fraction of sp³-hybridized carbons (Fsp3) is 0.182. The maximum absolute atomic E-state index is 5.34. The van der Waals surface area contributed by atoms with Crippen molar-refractivity contribution in [2.75, 3.05) is 5.32 Å². The predicted octanol–water partition coefficient (Wildman–Crippen LogP) is 4.78. The molecule has 0 amide bonds. The third-order valence-electron chi connectivity index (χ3n) is 4.46. The largest absolute Gasteiger partial charge is 0.342 e. The molecule has 4 nitrogen and oxygen atoms in total. The number of nitrogens with zero attached hydrogens (tertiary/aromatic N) is 2. The Labute approximate surface area is 165 Å². The first-order valence-electron chi connectivity index (χ1n) is 8.90. The van der Waals surface area contributed by atoms with Gasteiger partial charge in [-0.2, -0.15) is 5.10 Å². The Hall–Kier alpha value is -2.92. The fourth-order valence-electron chi connectivity index (χ4n) is 2.92. The van der Waals surface area contributed by atoms with Crippen LogP contribution in [0.3, 0.4) is 0 Å². The van der Waals surface area contributed by atoms with E-state index in [0.717, 1.165) is 23.5 Å². The van der Waals surface area contributed by atoms with E-state index in [2.05, 4.69) is 83.8 Å². The van der Waals surface area contributed by atoms with E-state index in [4.69, 9.17) is 12.2 Å². The number of rotatable bonds is 5. The molecule has 0 radical (unpaired) electrons. The lowest BCUT2D eigenvalue weighted by Crippen LogP contribution is -2.24. The second-order valence-electron chi connectivity index (χ2n) is 6.63. The molecule has 0 aliphatic heterocycles. The highest BCUT2D eigenvalue weighted by Crippen LogP contribution is 2.15. The number of hydrogen-bond donors (Lipinski definition) is 2. The van der Waals surface area contributed by atoms with Crippen LogP contribution in [-0.2, 0) is 6.54 Å². The van der Waals surface area contributed by atoms with E-state index in [1.165, 1.54) is 16.7 Å². The predicted molar refractivity (Wildman–Crippen MR) is 118 cm³/mol. The highest BCUT2D eigenvalue weighted by Gasteiger charge is 2.03. The van der Waals surface area contributed by atoms with Gasteiger partial charge < -0.3 is 9.88 Å². The summed E-state index contributed by atoms with van der Waals surface area (Å²) in [5.74, 6) is 0. The minimum Gasteiger partial charge on any atom is -0.342 e. The summed E-state index contributed by atoms with van der Waals surface area (Å²) in [4.78, 5) is 0. The molecule has 27 heavy (non-hydrogen) atoms. The first-order chi connectivity index (χ1) is 13.0. The molecule has 0 atom stereocenters. The number of hydrogen-bond acceptors (Lipinski definition) is 2. The van der Waals surface area contributed by atoms with Crippen LogP contribution in [0.2, 0.25) is 0 Å². The maximum atomic E-state index is 5.34. The van der Waals surface area contributed by atoms with Crippen molar-refractivity contribution in [2.45, 2.75) is 27.3 Å². The van der Waals surface area contributed by atoms with Crippen molar-refractivity contribution in [3.8, 4) is 0 Å². The van der Waals surface area contributed by atoms with Crippen molar-refractivity contribution in [2.24, 2.45) is 5.10 Å². The van der Waals surface area contributed by atoms with E-state index in [1.807, 2.05) is 18.2 Å². The molecule has 0 aliphatic rings. The minimum atomic E-state index is 0.468. The summed E-state index contributed by atoms with van der Waals surface area (Å²) in [5.41, 5.74) is 9.84. The number of anilines is 1. The zero-order valence-electron chi connectivity index (χ0n) is 15.9. The molecule has 5 heteroatoms. The molecule has 0 aliphatic carbocycles. The highest BCUT2D eigenvalue weighted by atomic mass is 32.1. The lowest BCUT2D eigenvalue weighted by molar-refractivity contribution is 0.793. The van der Waals surface area contributed by atoms with Crippen molar-refractivity contribution in [3.05, 3.63) is 88.7 Å². The standard InChI is InChI=1S/C22H24N4S/c1-16-10-11-21(18(3)13-16)24-22(27)25-23-14-20-9-6-12-26(20)15-19-8-5-4-7-17(19)2/h4-14H,15H2,1-3H3,(H2,24,25,27)/b23-14+. The second-order valence-corrected chi connectivity index (χ2v) is 7.04. The summed E-state index contributed by atoms with van der Waals surface area (Å²) in [6.07, 6.45) is 3.84. The topological polar surface area (TPSA) is 41.4 Å². The molecule has 0 spiro atoms. The molecule has 2 N–H and O–H groups in total. The summed E-state index contributed by atoms with van der Waals surface area (Å²) >= 11 is 5.34. The summed E-state index contributed by atoms with van der Waals surface area (Å²) in [7, 11) is 0. The number of thiocarbonyl (C=S) groups is 1. The van der Waals surface area contributed by atoms with Crippen LogP contribution in [0.1, 0.15) is 27.9 Å². The lowest BCUT2D eigenvalue weighted by atomic mass is 10.1. The Balaban J connectivity index is 1.61. The zero-order chi connectivity index (χ0) is 19.2. The summed E-state index contributed by atoms with van der Waals surface area (Å²) < 4.78 is 2.16. The molecule has 0 bridgehead atoms. The average molecular weight is 377 g/mol. The van der Waals surface area contributed by atoms with Crippen LogP contribution in [-0.4, -0.2) is 15.9 Å². The van der Waals surface area contributed by atoms with Gasteiger partial charge in [-0.05, 0) is 67.9 Å². The van der Waals surface area contributed by atoms with Crippen LogP contribution in [0.25, 0.3) is 0 Å². The Bertz CT molecular complexity index is 972. The van der Waals surface area contributed by atoms with Gasteiger partial charge in [-0.1, -0.05) is 42.0 Å². The van der Waals surface area contributed by atoms with E-state index in [-0.39, 0.29) is 0 Å².